The summed E-state index contributed by atoms with van der Waals surface area (Å²) < 4.78 is 5.18. The van der Waals surface area contributed by atoms with Gasteiger partial charge in [-0.15, -0.1) is 0 Å². The maximum Gasteiger partial charge on any atom is 0.243 e. The first-order chi connectivity index (χ1) is 7.79. The maximum atomic E-state index is 9.38. The largest absolute Gasteiger partial charge is 0.392 e. The lowest BCUT2D eigenvalue weighted by Crippen LogP contribution is -2.15. The van der Waals surface area contributed by atoms with Crippen LogP contribution in [0.3, 0.4) is 0 Å². The second-order valence-corrected chi connectivity index (χ2v) is 5.06. The number of nitrogens with zero attached hydrogens (tertiary/aromatic N) is 2. The zero-order valence-electron chi connectivity index (χ0n) is 9.35. The summed E-state index contributed by atoms with van der Waals surface area (Å²) in [6, 6.07) is 0.0208. The Morgan fingerprint density at radius 3 is 3.19 bits per heavy atom. The van der Waals surface area contributed by atoms with Gasteiger partial charge in [0.15, 0.2) is 5.82 Å². The van der Waals surface area contributed by atoms with Crippen LogP contribution in [0.5, 0.6) is 0 Å². The normalized spacial score (nSPS) is 25.1. The minimum Gasteiger partial charge on any atom is -0.392 e. The quantitative estimate of drug-likeness (QED) is 0.755. The Kier molecular flexibility index (Phi) is 4.20. The highest BCUT2D eigenvalue weighted by Gasteiger charge is 2.27. The van der Waals surface area contributed by atoms with E-state index in [1.807, 2.05) is 11.8 Å². The fourth-order valence-corrected chi connectivity index (χ4v) is 2.41. The highest BCUT2D eigenvalue weighted by Crippen LogP contribution is 2.22. The molecule has 16 heavy (non-hydrogen) atoms. The number of nitrogens with one attached hydrogen (secondary N) is 1. The molecule has 0 aliphatic carbocycles. The van der Waals surface area contributed by atoms with Crippen LogP contribution in [-0.2, 0) is 5.75 Å². The number of hydrogen-bond acceptors (Lipinski definition) is 6. The van der Waals surface area contributed by atoms with Gasteiger partial charge in [0.2, 0.25) is 5.89 Å². The van der Waals surface area contributed by atoms with Gasteiger partial charge in [-0.2, -0.15) is 16.7 Å². The monoisotopic (exact) mass is 243 g/mol. The topological polar surface area (TPSA) is 71.2 Å². The first-order valence-electron chi connectivity index (χ1n) is 5.61. The van der Waals surface area contributed by atoms with Gasteiger partial charge < -0.3 is 14.9 Å². The molecule has 5 nitrogen and oxygen atoms in total. The summed E-state index contributed by atoms with van der Waals surface area (Å²) in [6.45, 7) is 2.76. The first-order valence-corrected chi connectivity index (χ1v) is 6.76. The third-order valence-electron chi connectivity index (χ3n) is 2.47. The van der Waals surface area contributed by atoms with E-state index in [0.717, 1.165) is 23.8 Å². The molecule has 1 aliphatic rings. The standard InChI is InChI=1S/C10H17N3O2S/c1-2-3-16-6-9-12-10(15-13-9)8-4-7(14)5-11-8/h7-8,11,14H,2-6H2,1H3/t7-,8+/m0/s1. The van der Waals surface area contributed by atoms with Crippen molar-refractivity contribution in [2.24, 2.45) is 0 Å². The van der Waals surface area contributed by atoms with Crippen molar-refractivity contribution < 1.29 is 9.63 Å². The minimum atomic E-state index is -0.296. The fraction of sp³-hybridized carbons (Fsp3) is 0.800. The Labute approximate surface area is 99.0 Å². The van der Waals surface area contributed by atoms with Gasteiger partial charge in [-0.1, -0.05) is 12.1 Å². The average Bonchev–Trinajstić information content (AvgIpc) is 2.87. The molecule has 0 unspecified atom stereocenters. The maximum absolute atomic E-state index is 9.38. The summed E-state index contributed by atoms with van der Waals surface area (Å²) in [4.78, 5) is 4.33. The Balaban J connectivity index is 1.87. The molecule has 2 heterocycles. The van der Waals surface area contributed by atoms with E-state index in [4.69, 9.17) is 4.52 Å². The molecular formula is C10H17N3O2S. The van der Waals surface area contributed by atoms with E-state index in [1.54, 1.807) is 0 Å². The van der Waals surface area contributed by atoms with E-state index in [9.17, 15) is 5.11 Å². The van der Waals surface area contributed by atoms with Gasteiger partial charge in [0.1, 0.15) is 0 Å². The molecule has 1 saturated heterocycles. The molecule has 2 N–H and O–H groups in total. The molecular weight excluding hydrogens is 226 g/mol. The lowest BCUT2D eigenvalue weighted by molar-refractivity contribution is 0.191. The van der Waals surface area contributed by atoms with Crippen LogP contribution in [-0.4, -0.2) is 33.6 Å². The number of aliphatic hydroxyl groups excluding tert-OH is 1. The molecule has 0 amide bonds. The van der Waals surface area contributed by atoms with Gasteiger partial charge in [0.25, 0.3) is 0 Å². The Morgan fingerprint density at radius 2 is 2.50 bits per heavy atom. The van der Waals surface area contributed by atoms with Crippen molar-refractivity contribution in [2.45, 2.75) is 37.7 Å². The van der Waals surface area contributed by atoms with Crippen molar-refractivity contribution in [3.05, 3.63) is 11.7 Å². The van der Waals surface area contributed by atoms with Crippen LogP contribution in [0.4, 0.5) is 0 Å². The van der Waals surface area contributed by atoms with Crippen molar-refractivity contribution in [1.82, 2.24) is 15.5 Å². The zero-order chi connectivity index (χ0) is 11.4. The predicted octanol–water partition coefficient (Wildman–Crippen LogP) is 1.11. The third-order valence-corrected chi connectivity index (χ3v) is 3.63. The van der Waals surface area contributed by atoms with Crippen LogP contribution in [0, 0.1) is 0 Å². The summed E-state index contributed by atoms with van der Waals surface area (Å²) in [5.41, 5.74) is 0. The average molecular weight is 243 g/mol. The van der Waals surface area contributed by atoms with E-state index < -0.39 is 0 Å². The van der Waals surface area contributed by atoms with Crippen LogP contribution >= 0.6 is 11.8 Å². The first kappa shape index (κ1) is 11.9. The predicted molar refractivity (Wildman–Crippen MR) is 62.1 cm³/mol. The Hall–Kier alpha value is -0.590. The Bertz CT molecular complexity index is 332. The lowest BCUT2D eigenvalue weighted by atomic mass is 10.2. The summed E-state index contributed by atoms with van der Waals surface area (Å²) >= 11 is 1.81. The molecule has 0 bridgehead atoms. The fourth-order valence-electron chi connectivity index (χ4n) is 1.68. The van der Waals surface area contributed by atoms with Crippen molar-refractivity contribution >= 4 is 11.8 Å². The highest BCUT2D eigenvalue weighted by molar-refractivity contribution is 7.98. The number of β-amino-alcohol motifs (C(OH)–C–C–N with tert-alkyl or cyclic N) is 1. The zero-order valence-corrected chi connectivity index (χ0v) is 10.2. The minimum absolute atomic E-state index is 0.0208. The number of rotatable bonds is 5. The molecule has 1 aromatic heterocycles. The van der Waals surface area contributed by atoms with Gasteiger partial charge in [0.05, 0.1) is 17.9 Å². The van der Waals surface area contributed by atoms with Gasteiger partial charge in [-0.25, -0.2) is 0 Å². The number of hydrogen-bond donors (Lipinski definition) is 2. The van der Waals surface area contributed by atoms with Crippen molar-refractivity contribution in [2.75, 3.05) is 12.3 Å². The highest BCUT2D eigenvalue weighted by atomic mass is 32.2. The number of thioether (sulfide) groups is 1. The lowest BCUT2D eigenvalue weighted by Gasteiger charge is -2.01. The molecule has 0 spiro atoms. The summed E-state index contributed by atoms with van der Waals surface area (Å²) in [5.74, 6) is 3.26. The molecule has 2 rings (SSSR count). The van der Waals surface area contributed by atoms with Gasteiger partial charge >= 0.3 is 0 Å². The van der Waals surface area contributed by atoms with Gasteiger partial charge in [0, 0.05) is 6.54 Å². The molecule has 6 heteroatoms. The SMILES string of the molecule is CCCSCc1noc([C@H]2C[C@H](O)CN2)n1. The molecule has 0 radical (unpaired) electrons. The molecule has 2 atom stereocenters. The molecule has 1 fully saturated rings. The van der Waals surface area contributed by atoms with Crippen LogP contribution in [0.25, 0.3) is 0 Å². The molecule has 1 aromatic rings. The third kappa shape index (κ3) is 2.96. The van der Waals surface area contributed by atoms with E-state index >= 15 is 0 Å². The van der Waals surface area contributed by atoms with E-state index in [0.29, 0.717) is 18.9 Å². The van der Waals surface area contributed by atoms with E-state index in [2.05, 4.69) is 22.4 Å². The Morgan fingerprint density at radius 1 is 1.62 bits per heavy atom. The summed E-state index contributed by atoms with van der Waals surface area (Å²) in [7, 11) is 0. The van der Waals surface area contributed by atoms with Crippen molar-refractivity contribution in [1.29, 1.82) is 0 Å². The summed E-state index contributed by atoms with van der Waals surface area (Å²) in [6.07, 6.45) is 1.52. The number of aliphatic hydroxyl groups is 1. The summed E-state index contributed by atoms with van der Waals surface area (Å²) in [5, 5.41) is 16.5. The number of aromatic nitrogens is 2. The molecule has 0 aromatic carbocycles. The van der Waals surface area contributed by atoms with Crippen LogP contribution in [0.2, 0.25) is 0 Å². The van der Waals surface area contributed by atoms with E-state index in [1.165, 1.54) is 0 Å². The van der Waals surface area contributed by atoms with Crippen LogP contribution in [0.1, 0.15) is 37.5 Å². The second kappa shape index (κ2) is 5.65. The van der Waals surface area contributed by atoms with Gasteiger partial charge in [-0.3, -0.25) is 0 Å². The molecule has 0 saturated carbocycles. The van der Waals surface area contributed by atoms with Crippen LogP contribution < -0.4 is 5.32 Å². The van der Waals surface area contributed by atoms with E-state index in [-0.39, 0.29) is 12.1 Å². The second-order valence-electron chi connectivity index (χ2n) is 3.95. The van der Waals surface area contributed by atoms with Crippen LogP contribution in [0.15, 0.2) is 4.52 Å². The smallest absolute Gasteiger partial charge is 0.243 e. The van der Waals surface area contributed by atoms with Crippen molar-refractivity contribution in [3.63, 3.8) is 0 Å². The van der Waals surface area contributed by atoms with Crippen molar-refractivity contribution in [3.8, 4) is 0 Å². The molecule has 90 valence electrons. The molecule has 1 aliphatic heterocycles. The van der Waals surface area contributed by atoms with Gasteiger partial charge in [-0.05, 0) is 18.6 Å².